The number of piperidine rings is 1. The number of hydrazine groups is 1. The number of alkyl halides is 1. The van der Waals surface area contributed by atoms with Crippen LogP contribution < -0.4 is 16.1 Å². The number of hydrogen-bond donors (Lipinski definition) is 4. The summed E-state index contributed by atoms with van der Waals surface area (Å²) >= 11 is 0. The molecule has 0 aromatic carbocycles. The molecule has 7 saturated heterocycles. The predicted octanol–water partition coefficient (Wildman–Crippen LogP) is 0.152. The highest BCUT2D eigenvalue weighted by Gasteiger charge is 2.54. The fourth-order valence-corrected chi connectivity index (χ4v) is 7.02. The molecule has 8 aliphatic rings. The molecule has 8 rings (SSSR count). The molecule has 9 heteroatoms. The van der Waals surface area contributed by atoms with Gasteiger partial charge in [-0.3, -0.25) is 21.0 Å². The molecule has 4 N–H and O–H groups in total. The van der Waals surface area contributed by atoms with Crippen molar-refractivity contribution in [1.29, 1.82) is 0 Å². The number of halogens is 1. The van der Waals surface area contributed by atoms with E-state index in [2.05, 4.69) is 30.9 Å². The Morgan fingerprint density at radius 2 is 1.81 bits per heavy atom. The smallest absolute Gasteiger partial charge is 0.118 e. The number of ether oxygens (including phenoxy) is 1. The molecule has 11 atom stereocenters. The molecule has 0 aromatic heterocycles. The van der Waals surface area contributed by atoms with E-state index in [0.717, 1.165) is 39.1 Å². The van der Waals surface area contributed by atoms with E-state index in [-0.39, 0.29) is 30.5 Å². The molecule has 176 valence electrons. The Morgan fingerprint density at radius 3 is 2.68 bits per heavy atom. The normalized spacial score (nSPS) is 53.4. The molecule has 0 spiro atoms. The van der Waals surface area contributed by atoms with Gasteiger partial charge in [-0.1, -0.05) is 12.8 Å². The van der Waals surface area contributed by atoms with E-state index >= 15 is 0 Å². The summed E-state index contributed by atoms with van der Waals surface area (Å²) < 4.78 is 20.6. The van der Waals surface area contributed by atoms with Gasteiger partial charge in [-0.25, -0.2) is 9.40 Å². The molecule has 0 aromatic rings. The zero-order valence-electron chi connectivity index (χ0n) is 18.5. The Labute approximate surface area is 184 Å². The molecule has 1 saturated carbocycles. The van der Waals surface area contributed by atoms with Crippen LogP contribution in [0, 0.1) is 5.92 Å². The maximum Gasteiger partial charge on any atom is 0.118 e. The van der Waals surface area contributed by atoms with E-state index in [9.17, 15) is 9.50 Å². The zero-order chi connectivity index (χ0) is 20.9. The molecule has 0 amide bonds. The Morgan fingerprint density at radius 1 is 0.968 bits per heavy atom. The average Bonchev–Trinajstić information content (AvgIpc) is 3.17. The summed E-state index contributed by atoms with van der Waals surface area (Å²) in [7, 11) is 0. The third kappa shape index (κ3) is 3.95. The third-order valence-electron chi connectivity index (χ3n) is 8.65. The number of rotatable bonds is 0. The molecule has 8 fully saturated rings. The minimum Gasteiger partial charge on any atom is -0.378 e. The van der Waals surface area contributed by atoms with Crippen molar-refractivity contribution in [1.82, 2.24) is 30.9 Å². The molecule has 7 aliphatic heterocycles. The molecule has 1 aliphatic carbocycles. The van der Waals surface area contributed by atoms with Gasteiger partial charge in [-0.2, -0.15) is 0 Å². The van der Waals surface area contributed by atoms with Crippen LogP contribution in [0.1, 0.15) is 51.4 Å². The number of nitrogens with one attached hydrogen (secondary N) is 3. The Kier molecular flexibility index (Phi) is 5.98. The van der Waals surface area contributed by atoms with Crippen LogP contribution in [0.3, 0.4) is 0 Å². The summed E-state index contributed by atoms with van der Waals surface area (Å²) in [6.07, 6.45) is 6.48. The maximum absolute atomic E-state index is 14.3. The highest BCUT2D eigenvalue weighted by atomic mass is 19.1. The predicted molar refractivity (Wildman–Crippen MR) is 114 cm³/mol. The number of aliphatic hydroxyl groups excluding tert-OH is 1. The largest absolute Gasteiger partial charge is 0.378 e. The van der Waals surface area contributed by atoms with E-state index in [1.54, 1.807) is 0 Å². The van der Waals surface area contributed by atoms with Gasteiger partial charge in [0, 0.05) is 50.7 Å². The SMILES string of the molecule is OC1NC2NC3C1CNN3C1CCC(F)CC1OCCCCCCN1C[C@H]3C[C@@H](C1)N23. The van der Waals surface area contributed by atoms with E-state index in [4.69, 9.17) is 4.74 Å². The van der Waals surface area contributed by atoms with Crippen molar-refractivity contribution in [3.63, 3.8) is 0 Å². The van der Waals surface area contributed by atoms with Crippen LogP contribution in [-0.4, -0.2) is 102 Å². The van der Waals surface area contributed by atoms with Crippen molar-refractivity contribution < 1.29 is 14.2 Å². The number of hydrogen-bond acceptors (Lipinski definition) is 8. The van der Waals surface area contributed by atoms with Gasteiger partial charge < -0.3 is 14.7 Å². The van der Waals surface area contributed by atoms with Crippen LogP contribution in [0.4, 0.5) is 4.39 Å². The van der Waals surface area contributed by atoms with Gasteiger partial charge in [-0.05, 0) is 38.6 Å². The number of nitrogens with zero attached hydrogens (tertiary/aromatic N) is 3. The lowest BCUT2D eigenvalue weighted by molar-refractivity contribution is -0.158. The fraction of sp³-hybridized carbons (Fsp3) is 1.00. The molecule has 9 unspecified atom stereocenters. The highest BCUT2D eigenvalue weighted by molar-refractivity contribution is 5.06. The van der Waals surface area contributed by atoms with Gasteiger partial charge in [0.2, 0.25) is 0 Å². The fourth-order valence-electron chi connectivity index (χ4n) is 7.02. The summed E-state index contributed by atoms with van der Waals surface area (Å²) in [4.78, 5) is 5.18. The van der Waals surface area contributed by atoms with Crippen molar-refractivity contribution in [2.45, 2.75) is 100 Å². The quantitative estimate of drug-likeness (QED) is 0.426. The van der Waals surface area contributed by atoms with Crippen LogP contribution in [-0.2, 0) is 4.74 Å². The summed E-state index contributed by atoms with van der Waals surface area (Å²) in [5.74, 6) is 0.0692. The second kappa shape index (κ2) is 8.76. The van der Waals surface area contributed by atoms with Gasteiger partial charge in [0.05, 0.1) is 18.3 Å². The second-order valence-electron chi connectivity index (χ2n) is 10.6. The molecule has 6 bridgehead atoms. The van der Waals surface area contributed by atoms with Crippen LogP contribution in [0.15, 0.2) is 0 Å². The molecule has 7 heterocycles. The summed E-state index contributed by atoms with van der Waals surface area (Å²) in [5.41, 5.74) is 3.55. The lowest BCUT2D eigenvalue weighted by Gasteiger charge is -2.61. The number of piperazine rings is 1. The first kappa shape index (κ1) is 21.2. The van der Waals surface area contributed by atoms with E-state index in [0.29, 0.717) is 24.9 Å². The van der Waals surface area contributed by atoms with Gasteiger partial charge in [0.15, 0.2) is 0 Å². The minimum absolute atomic E-state index is 0.0166. The first-order chi connectivity index (χ1) is 15.2. The minimum atomic E-state index is -0.768. The van der Waals surface area contributed by atoms with E-state index in [1.165, 1.54) is 32.2 Å². The Balaban J connectivity index is 1.24. The topological polar surface area (TPSA) is 75.3 Å². The zero-order valence-corrected chi connectivity index (χ0v) is 18.5. The first-order valence-corrected chi connectivity index (χ1v) is 12.6. The number of fused-ring (bicyclic) bond motifs is 6. The van der Waals surface area contributed by atoms with Gasteiger partial charge in [0.1, 0.15) is 18.7 Å². The van der Waals surface area contributed by atoms with Crippen molar-refractivity contribution in [2.75, 3.05) is 32.8 Å². The van der Waals surface area contributed by atoms with Crippen LogP contribution in [0.5, 0.6) is 0 Å². The van der Waals surface area contributed by atoms with Crippen LogP contribution in [0.2, 0.25) is 0 Å². The average molecular weight is 439 g/mol. The lowest BCUT2D eigenvalue weighted by Crippen LogP contribution is -2.80. The van der Waals surface area contributed by atoms with Gasteiger partial charge in [-0.15, -0.1) is 0 Å². The second-order valence-corrected chi connectivity index (χ2v) is 10.6. The number of aliphatic hydroxyl groups is 1. The Hall–Kier alpha value is -0.390. The van der Waals surface area contributed by atoms with Crippen LogP contribution >= 0.6 is 0 Å². The van der Waals surface area contributed by atoms with Gasteiger partial charge >= 0.3 is 0 Å². The van der Waals surface area contributed by atoms with E-state index in [1.807, 2.05) is 0 Å². The molecule has 0 radical (unpaired) electrons. The van der Waals surface area contributed by atoms with Gasteiger partial charge in [0.25, 0.3) is 0 Å². The molecular weight excluding hydrogens is 399 g/mol. The van der Waals surface area contributed by atoms with Crippen molar-refractivity contribution in [3.8, 4) is 0 Å². The first-order valence-electron chi connectivity index (χ1n) is 12.6. The van der Waals surface area contributed by atoms with Crippen molar-refractivity contribution in [3.05, 3.63) is 0 Å². The molecular formula is C22H39FN6O2. The van der Waals surface area contributed by atoms with Crippen molar-refractivity contribution >= 4 is 0 Å². The third-order valence-corrected chi connectivity index (χ3v) is 8.65. The molecule has 31 heavy (non-hydrogen) atoms. The highest BCUT2D eigenvalue weighted by Crippen LogP contribution is 2.37. The molecule has 8 nitrogen and oxygen atoms in total. The summed E-state index contributed by atoms with van der Waals surface area (Å²) in [5, 5.41) is 20.5. The van der Waals surface area contributed by atoms with Crippen molar-refractivity contribution in [2.24, 2.45) is 5.92 Å². The monoisotopic (exact) mass is 438 g/mol. The van der Waals surface area contributed by atoms with E-state index < -0.39 is 12.4 Å². The summed E-state index contributed by atoms with van der Waals surface area (Å²) in [6.45, 7) is 4.90. The standard InChI is InChI=1S/C22H39FN6O2/c23-14-5-6-18-19(9-14)31-8-4-2-1-3-7-27-12-15-10-16(13-27)28(15)22-25-20-17(21(30)26-22)11-24-29(18)20/h14-22,24-26,30H,1-13H2/t14?,15-,16+,17?,18?,19?,20?,21?,22?. The maximum atomic E-state index is 14.3. The summed E-state index contributed by atoms with van der Waals surface area (Å²) in [6, 6.07) is 1.26. The lowest BCUT2D eigenvalue weighted by atomic mass is 9.86. The Bertz CT molecular complexity index is 633. The van der Waals surface area contributed by atoms with Crippen LogP contribution in [0.25, 0.3) is 0 Å².